The van der Waals surface area contributed by atoms with Crippen molar-refractivity contribution >= 4 is 38.7 Å². The molecule has 0 spiro atoms. The molecule has 2 aromatic carbocycles. The third-order valence-electron chi connectivity index (χ3n) is 2.83. The van der Waals surface area contributed by atoms with Gasteiger partial charge in [0.05, 0.1) is 20.6 Å². The monoisotopic (exact) mass is 347 g/mol. The van der Waals surface area contributed by atoms with Crippen molar-refractivity contribution in [2.24, 2.45) is 0 Å². The maximum Gasteiger partial charge on any atom is 0.175 e. The highest BCUT2D eigenvalue weighted by Crippen LogP contribution is 2.24. The molecule has 3 nitrogen and oxygen atoms in total. The summed E-state index contributed by atoms with van der Waals surface area (Å²) in [4.78, 5) is 0.0561. The van der Waals surface area contributed by atoms with Crippen LogP contribution in [0.3, 0.4) is 0 Å². The molecule has 0 radical (unpaired) electrons. The molecule has 21 heavy (non-hydrogen) atoms. The Bertz CT molecular complexity index is 779. The SMILES string of the molecule is CS(=O)(=O)c1ccc(F)c(NCc2ccc(Cl)c(Cl)c2)c1. The van der Waals surface area contributed by atoms with Gasteiger partial charge in [-0.05, 0) is 35.9 Å². The summed E-state index contributed by atoms with van der Waals surface area (Å²) in [7, 11) is -3.38. The van der Waals surface area contributed by atoms with Crippen LogP contribution in [0.4, 0.5) is 10.1 Å². The Hall–Kier alpha value is -1.30. The number of hydrogen-bond acceptors (Lipinski definition) is 3. The summed E-state index contributed by atoms with van der Waals surface area (Å²) in [5.41, 5.74) is 0.914. The summed E-state index contributed by atoms with van der Waals surface area (Å²) in [5, 5.41) is 3.69. The van der Waals surface area contributed by atoms with E-state index in [0.29, 0.717) is 16.6 Å². The second-order valence-corrected chi connectivity index (χ2v) is 7.35. The van der Waals surface area contributed by atoms with Gasteiger partial charge in [0.25, 0.3) is 0 Å². The smallest absolute Gasteiger partial charge is 0.175 e. The molecule has 0 saturated carbocycles. The van der Waals surface area contributed by atoms with E-state index in [1.54, 1.807) is 18.2 Å². The lowest BCUT2D eigenvalue weighted by Gasteiger charge is -2.10. The minimum absolute atomic E-state index is 0.0561. The highest BCUT2D eigenvalue weighted by atomic mass is 35.5. The molecule has 0 amide bonds. The van der Waals surface area contributed by atoms with Crippen LogP contribution in [0.1, 0.15) is 5.56 Å². The standard InChI is InChI=1S/C14H12Cl2FNO2S/c1-21(19,20)10-3-5-13(17)14(7-10)18-8-9-2-4-11(15)12(16)6-9/h2-7,18H,8H2,1H3. The van der Waals surface area contributed by atoms with Crippen LogP contribution in [0.15, 0.2) is 41.3 Å². The Balaban J connectivity index is 2.21. The first-order valence-corrected chi connectivity index (χ1v) is 8.59. The molecule has 0 unspecified atom stereocenters. The lowest BCUT2D eigenvalue weighted by molar-refractivity contribution is 0.600. The Kier molecular flexibility index (Phi) is 4.76. The number of sulfone groups is 1. The molecule has 7 heteroatoms. The van der Waals surface area contributed by atoms with E-state index in [9.17, 15) is 12.8 Å². The third kappa shape index (κ3) is 4.09. The van der Waals surface area contributed by atoms with Crippen LogP contribution in [0.25, 0.3) is 0 Å². The molecule has 0 bridgehead atoms. The maximum atomic E-state index is 13.7. The molecule has 0 saturated heterocycles. The first kappa shape index (κ1) is 16.1. The third-order valence-corrected chi connectivity index (χ3v) is 4.68. The zero-order valence-corrected chi connectivity index (χ0v) is 13.4. The van der Waals surface area contributed by atoms with Crippen molar-refractivity contribution in [3.8, 4) is 0 Å². The summed E-state index contributed by atoms with van der Waals surface area (Å²) >= 11 is 11.7. The fourth-order valence-electron chi connectivity index (χ4n) is 1.72. The van der Waals surface area contributed by atoms with E-state index < -0.39 is 15.7 Å². The van der Waals surface area contributed by atoms with Crippen LogP contribution in [-0.4, -0.2) is 14.7 Å². The summed E-state index contributed by atoms with van der Waals surface area (Å²) in [6, 6.07) is 8.67. The molecule has 0 aliphatic heterocycles. The molecule has 0 aromatic heterocycles. The second-order valence-electron chi connectivity index (χ2n) is 4.52. The Morgan fingerprint density at radius 3 is 2.43 bits per heavy atom. The largest absolute Gasteiger partial charge is 0.379 e. The molecule has 0 atom stereocenters. The lowest BCUT2D eigenvalue weighted by atomic mass is 10.2. The molecule has 0 fully saturated rings. The molecule has 2 aromatic rings. The van der Waals surface area contributed by atoms with Crippen molar-refractivity contribution in [3.63, 3.8) is 0 Å². The van der Waals surface area contributed by atoms with Crippen LogP contribution in [0, 0.1) is 5.82 Å². The minimum atomic E-state index is -3.38. The van der Waals surface area contributed by atoms with Crippen molar-refractivity contribution < 1.29 is 12.8 Å². The summed E-state index contributed by atoms with van der Waals surface area (Å²) in [6.45, 7) is 0.293. The quantitative estimate of drug-likeness (QED) is 0.845. The molecule has 0 heterocycles. The van der Waals surface area contributed by atoms with E-state index >= 15 is 0 Å². The number of anilines is 1. The topological polar surface area (TPSA) is 46.2 Å². The Morgan fingerprint density at radius 1 is 1.10 bits per heavy atom. The van der Waals surface area contributed by atoms with Gasteiger partial charge in [0.1, 0.15) is 5.82 Å². The van der Waals surface area contributed by atoms with Gasteiger partial charge in [-0.3, -0.25) is 0 Å². The van der Waals surface area contributed by atoms with Gasteiger partial charge in [-0.1, -0.05) is 29.3 Å². The Morgan fingerprint density at radius 2 is 1.81 bits per heavy atom. The van der Waals surface area contributed by atoms with Crippen molar-refractivity contribution in [1.29, 1.82) is 0 Å². The zero-order chi connectivity index (χ0) is 15.6. The molecular weight excluding hydrogens is 336 g/mol. The normalized spacial score (nSPS) is 11.4. The molecule has 0 aliphatic carbocycles. The molecule has 0 aliphatic rings. The van der Waals surface area contributed by atoms with E-state index in [1.165, 1.54) is 12.1 Å². The van der Waals surface area contributed by atoms with Crippen molar-refractivity contribution in [1.82, 2.24) is 0 Å². The van der Waals surface area contributed by atoms with Crippen molar-refractivity contribution in [2.75, 3.05) is 11.6 Å². The van der Waals surface area contributed by atoms with E-state index in [0.717, 1.165) is 17.9 Å². The van der Waals surface area contributed by atoms with Crippen LogP contribution < -0.4 is 5.32 Å². The first-order valence-electron chi connectivity index (χ1n) is 5.95. The second kappa shape index (κ2) is 6.22. The first-order chi connectivity index (χ1) is 9.77. The summed E-state index contributed by atoms with van der Waals surface area (Å²) < 4.78 is 36.6. The number of rotatable bonds is 4. The minimum Gasteiger partial charge on any atom is -0.379 e. The molecule has 1 N–H and O–H groups in total. The molecular formula is C14H12Cl2FNO2S. The van der Waals surface area contributed by atoms with Gasteiger partial charge >= 0.3 is 0 Å². The Labute approximate surface area is 132 Å². The van der Waals surface area contributed by atoms with Gasteiger partial charge < -0.3 is 5.32 Å². The fourth-order valence-corrected chi connectivity index (χ4v) is 2.69. The average Bonchev–Trinajstić information content (AvgIpc) is 2.40. The number of nitrogens with one attached hydrogen (secondary N) is 1. The van der Waals surface area contributed by atoms with E-state index in [-0.39, 0.29) is 10.6 Å². The number of halogens is 3. The molecule has 112 valence electrons. The predicted molar refractivity (Wildman–Crippen MR) is 83.3 cm³/mol. The van der Waals surface area contributed by atoms with Gasteiger partial charge in [-0.15, -0.1) is 0 Å². The van der Waals surface area contributed by atoms with Gasteiger partial charge in [0, 0.05) is 12.8 Å². The summed E-state index contributed by atoms with van der Waals surface area (Å²) in [5.74, 6) is -0.525. The predicted octanol–water partition coefficient (Wildman–Crippen LogP) is 4.15. The van der Waals surface area contributed by atoms with E-state index in [4.69, 9.17) is 23.2 Å². The van der Waals surface area contributed by atoms with Crippen LogP contribution in [-0.2, 0) is 16.4 Å². The summed E-state index contributed by atoms with van der Waals surface area (Å²) in [6.07, 6.45) is 1.07. The van der Waals surface area contributed by atoms with Crippen molar-refractivity contribution in [3.05, 3.63) is 57.8 Å². The molecule has 2 rings (SSSR count). The van der Waals surface area contributed by atoms with Crippen LogP contribution >= 0.6 is 23.2 Å². The van der Waals surface area contributed by atoms with Gasteiger partial charge in [0.2, 0.25) is 0 Å². The van der Waals surface area contributed by atoms with Crippen molar-refractivity contribution in [2.45, 2.75) is 11.4 Å². The van der Waals surface area contributed by atoms with E-state index in [1.807, 2.05) is 0 Å². The number of benzene rings is 2. The van der Waals surface area contributed by atoms with Gasteiger partial charge in [0.15, 0.2) is 9.84 Å². The van der Waals surface area contributed by atoms with E-state index in [2.05, 4.69) is 5.32 Å². The highest BCUT2D eigenvalue weighted by Gasteiger charge is 2.11. The van der Waals surface area contributed by atoms with Crippen LogP contribution in [0.5, 0.6) is 0 Å². The van der Waals surface area contributed by atoms with Gasteiger partial charge in [-0.25, -0.2) is 12.8 Å². The average molecular weight is 348 g/mol. The van der Waals surface area contributed by atoms with Gasteiger partial charge in [-0.2, -0.15) is 0 Å². The maximum absolute atomic E-state index is 13.7. The lowest BCUT2D eigenvalue weighted by Crippen LogP contribution is -2.04. The number of hydrogen-bond donors (Lipinski definition) is 1. The zero-order valence-electron chi connectivity index (χ0n) is 11.0. The van der Waals surface area contributed by atoms with Crippen LogP contribution in [0.2, 0.25) is 10.0 Å². The highest BCUT2D eigenvalue weighted by molar-refractivity contribution is 7.90. The fraction of sp³-hybridized carbons (Fsp3) is 0.143.